The molecule has 0 amide bonds. The molecule has 3 atom stereocenters. The molecule has 2 aliphatic heterocycles. The van der Waals surface area contributed by atoms with Gasteiger partial charge in [-0.3, -0.25) is 33.6 Å². The Morgan fingerprint density at radius 2 is 1.21 bits per heavy atom. The minimum atomic E-state index is -1.52. The van der Waals surface area contributed by atoms with E-state index in [9.17, 15) is 48.9 Å². The topological polar surface area (TPSA) is 400 Å². The SMILES string of the molecule is C=CC1=C(C)c2cc3nc(cc4[n-]c(cc5[n-]c(cc1n2)c(COC(=O)C[C@H](N)C(=O)O)c5CCC(=O)O)c(CCC(=O)O)c4C)C(COC(=O)CC[C@H](N)C(=O)O)=C3C=C.N[C@@H](Cc1cnc[nH]1)C(=O)O.[Fe+2]. The zero-order chi connectivity index (χ0) is 53.0. The van der Waals surface area contributed by atoms with E-state index in [2.05, 4.69) is 23.1 Å². The fourth-order valence-electron chi connectivity index (χ4n) is 7.53. The zero-order valence-corrected chi connectivity index (χ0v) is 40.7. The second kappa shape index (κ2) is 25.9. The van der Waals surface area contributed by atoms with Gasteiger partial charge in [0.1, 0.15) is 31.3 Å². The molecular formula is C49H53FeN9O14. The maximum atomic E-state index is 12.8. The molecule has 0 saturated carbocycles. The van der Waals surface area contributed by atoms with E-state index < -0.39 is 72.9 Å². The van der Waals surface area contributed by atoms with Gasteiger partial charge in [0, 0.05) is 54.3 Å². The van der Waals surface area contributed by atoms with Crippen molar-refractivity contribution < 1.29 is 85.6 Å². The van der Waals surface area contributed by atoms with Crippen molar-refractivity contribution in [1.29, 1.82) is 0 Å². The molecule has 0 spiro atoms. The van der Waals surface area contributed by atoms with Gasteiger partial charge in [-0.05, 0) is 50.3 Å². The molecular weight excluding hydrogens is 994 g/mol. The third kappa shape index (κ3) is 15.0. The van der Waals surface area contributed by atoms with E-state index >= 15 is 0 Å². The van der Waals surface area contributed by atoms with Crippen LogP contribution in [0.4, 0.5) is 0 Å². The van der Waals surface area contributed by atoms with Crippen LogP contribution in [0.15, 0.2) is 62.1 Å². The summed E-state index contributed by atoms with van der Waals surface area (Å²) < 4.78 is 11.1. The number of carbonyl (C=O) groups excluding carboxylic acids is 2. The molecule has 0 aromatic carbocycles. The molecule has 4 aromatic rings. The predicted octanol–water partition coefficient (Wildman–Crippen LogP) is 3.07. The predicted molar refractivity (Wildman–Crippen MR) is 259 cm³/mol. The van der Waals surface area contributed by atoms with E-state index in [0.717, 1.165) is 5.69 Å². The molecule has 0 aliphatic carbocycles. The quantitative estimate of drug-likeness (QED) is 0.0403. The van der Waals surface area contributed by atoms with E-state index in [-0.39, 0.29) is 79.7 Å². The van der Waals surface area contributed by atoms with Gasteiger partial charge < -0.3 is 67.2 Å². The third-order valence-corrected chi connectivity index (χ3v) is 11.5. The number of imidazole rings is 1. The summed E-state index contributed by atoms with van der Waals surface area (Å²) in [7, 11) is 0. The van der Waals surface area contributed by atoms with Gasteiger partial charge >= 0.3 is 58.9 Å². The van der Waals surface area contributed by atoms with Gasteiger partial charge in [0.25, 0.3) is 0 Å². The van der Waals surface area contributed by atoms with Crippen LogP contribution in [0.1, 0.15) is 89.8 Å². The second-order valence-electron chi connectivity index (χ2n) is 16.5. The maximum Gasteiger partial charge on any atom is 2.00 e. The molecule has 0 saturated heterocycles. The molecule has 8 bridgehead atoms. The van der Waals surface area contributed by atoms with Crippen LogP contribution >= 0.6 is 0 Å². The van der Waals surface area contributed by atoms with Gasteiger partial charge in [0.2, 0.25) is 0 Å². The van der Waals surface area contributed by atoms with Crippen molar-refractivity contribution in [3.8, 4) is 0 Å². The van der Waals surface area contributed by atoms with E-state index in [1.165, 1.54) is 6.33 Å². The molecule has 6 rings (SSSR count). The molecule has 6 heterocycles. The third-order valence-electron chi connectivity index (χ3n) is 11.5. The van der Waals surface area contributed by atoms with E-state index in [1.807, 2.05) is 6.92 Å². The number of hydrogen-bond acceptors (Lipinski definition) is 15. The fraction of sp³-hybridized carbons (Fsp3) is 0.306. The Labute approximate surface area is 426 Å². The Morgan fingerprint density at radius 1 is 0.658 bits per heavy atom. The number of nitrogens with one attached hydrogen (secondary N) is 1. The average molecular weight is 1050 g/mol. The molecule has 386 valence electrons. The first kappa shape index (κ1) is 57.6. The van der Waals surface area contributed by atoms with Gasteiger partial charge in [0.05, 0.1) is 35.5 Å². The summed E-state index contributed by atoms with van der Waals surface area (Å²) in [5.41, 5.74) is 24.0. The minimum Gasteiger partial charge on any atom is -0.657 e. The largest absolute Gasteiger partial charge is 2.00 e. The molecule has 0 fully saturated rings. The Hall–Kier alpha value is -8.02. The number of aromatic nitrogens is 6. The summed E-state index contributed by atoms with van der Waals surface area (Å²) >= 11 is 0. The van der Waals surface area contributed by atoms with Crippen LogP contribution in [0.2, 0.25) is 0 Å². The summed E-state index contributed by atoms with van der Waals surface area (Å²) in [5, 5.41) is 46.2. The van der Waals surface area contributed by atoms with Gasteiger partial charge in [-0.1, -0.05) is 60.2 Å². The number of nitrogens with two attached hydrogens (primary N) is 3. The number of ether oxygens (including phenoxy) is 2. The number of hydrogen-bond donors (Lipinski definition) is 9. The average Bonchev–Trinajstić information content (AvgIpc) is 4.14. The van der Waals surface area contributed by atoms with Gasteiger partial charge in [-0.15, -0.1) is 22.1 Å². The van der Waals surface area contributed by atoms with Crippen molar-refractivity contribution in [3.05, 3.63) is 113 Å². The van der Waals surface area contributed by atoms with Crippen LogP contribution < -0.4 is 27.2 Å². The van der Waals surface area contributed by atoms with Crippen molar-refractivity contribution >= 4 is 86.1 Å². The van der Waals surface area contributed by atoms with Crippen molar-refractivity contribution in [1.82, 2.24) is 29.9 Å². The normalized spacial score (nSPS) is 13.1. The summed E-state index contributed by atoms with van der Waals surface area (Å²) in [6.45, 7) is 10.8. The molecule has 12 N–H and O–H groups in total. The van der Waals surface area contributed by atoms with Crippen molar-refractivity contribution in [2.45, 2.75) is 89.9 Å². The van der Waals surface area contributed by atoms with E-state index in [1.54, 1.807) is 49.5 Å². The Kier molecular flexibility index (Phi) is 20.4. The van der Waals surface area contributed by atoms with Gasteiger partial charge in [-0.2, -0.15) is 0 Å². The Balaban J connectivity index is 0.000000850. The molecule has 0 radical (unpaired) electrons. The monoisotopic (exact) mass is 1050 g/mol. The van der Waals surface area contributed by atoms with E-state index in [0.29, 0.717) is 78.4 Å². The second-order valence-corrected chi connectivity index (χ2v) is 16.5. The minimum absolute atomic E-state index is 0. The number of aliphatic carboxylic acids is 5. The number of aryl methyl sites for hydroxylation is 3. The van der Waals surface area contributed by atoms with Gasteiger partial charge in [-0.25, -0.2) is 15.0 Å². The number of carboxylic acids is 5. The molecule has 0 unspecified atom stereocenters. The van der Waals surface area contributed by atoms with Crippen LogP contribution in [-0.2, 0) is 86.0 Å². The number of allylic oxidation sites excluding steroid dienone is 5. The summed E-state index contributed by atoms with van der Waals surface area (Å²) in [4.78, 5) is 108. The molecule has 23 nitrogen and oxygen atoms in total. The van der Waals surface area contributed by atoms with Gasteiger partial charge in [0.15, 0.2) is 0 Å². The first-order chi connectivity index (χ1) is 34.1. The molecule has 24 heteroatoms. The number of esters is 2. The number of carboxylic acid groups (broad SMARTS) is 5. The number of rotatable bonds is 22. The van der Waals surface area contributed by atoms with Crippen molar-refractivity contribution in [3.63, 3.8) is 0 Å². The summed E-state index contributed by atoms with van der Waals surface area (Å²) in [6, 6.07) is 2.94. The molecule has 73 heavy (non-hydrogen) atoms. The number of carbonyl (C=O) groups is 7. The summed E-state index contributed by atoms with van der Waals surface area (Å²) in [6.07, 6.45) is 4.79. The first-order valence-corrected chi connectivity index (χ1v) is 22.1. The van der Waals surface area contributed by atoms with Crippen molar-refractivity contribution in [2.75, 3.05) is 6.61 Å². The smallest absolute Gasteiger partial charge is 0.657 e. The maximum absolute atomic E-state index is 12.8. The first-order valence-electron chi connectivity index (χ1n) is 22.1. The number of nitrogens with zero attached hydrogens (tertiary/aromatic N) is 5. The van der Waals surface area contributed by atoms with Crippen LogP contribution in [0.25, 0.3) is 44.4 Å². The number of H-pyrrole nitrogens is 1. The number of fused-ring (bicyclic) bond motifs is 8. The standard InChI is InChI=1S/C43H46N6O12.C6H9N3O2.Fe/c1-5-22-20(3)30-14-33-23(6-2)26(18-60-40(54)12-9-28(44)42(56)57)36(48-33)15-31-21(4)24(7-10-38(50)51)34(47-31)17-35-25(8-11-39(52)53)27(37(49-35)16-32(22)46-30)19-61-41(55)13-29(45)43(58)59;7-5(6(10)11)1-4-2-8-3-9-4;/h5-6,14-17,28-29H,1-2,7-13,18-19,44-45H2,3-4H3,(H6,46,47,48,49,50,51,52,53,56,57,58,59);2-3,5H,1,7H2,(H,8,9)(H,10,11);/q;;+2/p-2/t28-,29-;5-;/m00./s1. The van der Waals surface area contributed by atoms with E-state index in [4.69, 9.17) is 56.8 Å². The Morgan fingerprint density at radius 3 is 1.79 bits per heavy atom. The van der Waals surface area contributed by atoms with Crippen LogP contribution in [0, 0.1) is 6.92 Å². The molecule has 4 aromatic heterocycles. The van der Waals surface area contributed by atoms with Crippen LogP contribution in [0.5, 0.6) is 0 Å². The van der Waals surface area contributed by atoms with Crippen LogP contribution in [0.3, 0.4) is 0 Å². The zero-order valence-electron chi connectivity index (χ0n) is 39.6. The fourth-order valence-corrected chi connectivity index (χ4v) is 7.53. The molecule has 2 aliphatic rings. The van der Waals surface area contributed by atoms with Crippen molar-refractivity contribution in [2.24, 2.45) is 17.2 Å². The summed E-state index contributed by atoms with van der Waals surface area (Å²) in [5.74, 6) is -7.45. The van der Waals surface area contributed by atoms with Crippen LogP contribution in [-0.4, -0.2) is 112 Å². The Bertz CT molecular complexity index is 3050. The number of aromatic amines is 1.